The molecule has 1 saturated heterocycles. The molecule has 0 bridgehead atoms. The van der Waals surface area contributed by atoms with E-state index in [1.807, 2.05) is 24.3 Å². The highest BCUT2D eigenvalue weighted by atomic mass is 19.1. The lowest BCUT2D eigenvalue weighted by Gasteiger charge is -2.33. The minimum absolute atomic E-state index is 0.187. The number of aromatic nitrogens is 2. The number of hydrogen-bond donors (Lipinski definition) is 2. The van der Waals surface area contributed by atoms with Crippen molar-refractivity contribution in [3.8, 4) is 0 Å². The highest BCUT2D eigenvalue weighted by molar-refractivity contribution is 6.12. The summed E-state index contributed by atoms with van der Waals surface area (Å²) >= 11 is 0. The molecule has 2 aliphatic heterocycles. The second-order valence-electron chi connectivity index (χ2n) is 7.39. The molecule has 6 nitrogen and oxygen atoms in total. The molecular weight excluding hydrogens is 357 g/mol. The minimum Gasteiger partial charge on any atom is -0.342 e. The molecule has 0 aliphatic carbocycles. The Bertz CT molecular complexity index is 1110. The first-order valence-electron chi connectivity index (χ1n) is 9.51. The Morgan fingerprint density at radius 2 is 1.89 bits per heavy atom. The fourth-order valence-corrected chi connectivity index (χ4v) is 4.14. The summed E-state index contributed by atoms with van der Waals surface area (Å²) in [6.07, 6.45) is 2.08. The van der Waals surface area contributed by atoms with Crippen molar-refractivity contribution in [3.63, 3.8) is 0 Å². The van der Waals surface area contributed by atoms with Gasteiger partial charge in [0.1, 0.15) is 11.7 Å². The number of likely N-dealkylation sites (tertiary alicyclic amines) is 1. The van der Waals surface area contributed by atoms with Crippen LogP contribution in [0.2, 0.25) is 0 Å². The average Bonchev–Trinajstić information content (AvgIpc) is 2.72. The molecule has 0 radical (unpaired) electrons. The van der Waals surface area contributed by atoms with Gasteiger partial charge in [0.15, 0.2) is 5.82 Å². The van der Waals surface area contributed by atoms with Crippen molar-refractivity contribution in [3.05, 3.63) is 64.2 Å². The number of nitrogens with zero attached hydrogens (tertiary/aromatic N) is 3. The Labute approximate surface area is 161 Å². The van der Waals surface area contributed by atoms with Gasteiger partial charge < -0.3 is 5.32 Å². The van der Waals surface area contributed by atoms with Crippen LogP contribution in [0.25, 0.3) is 10.8 Å². The van der Waals surface area contributed by atoms with Gasteiger partial charge in [-0.3, -0.25) is 9.69 Å². The maximum absolute atomic E-state index is 13.1. The standard InChI is InChI=1S/C21H20FN5O/c22-15-6-4-13(5-7-15)14-8-10-27(11-9-14)12-18-23-17-3-1-2-16-19(17)20(24-18)25-26-21(16)28/h1-7,14H,8-12H2,(H,26,28)(H,23,24,25). The van der Waals surface area contributed by atoms with Gasteiger partial charge in [-0.1, -0.05) is 18.2 Å². The maximum Gasteiger partial charge on any atom is 0.272 e. The molecule has 0 atom stereocenters. The van der Waals surface area contributed by atoms with E-state index in [1.165, 1.54) is 17.7 Å². The van der Waals surface area contributed by atoms with E-state index >= 15 is 0 Å². The van der Waals surface area contributed by atoms with E-state index in [2.05, 4.69) is 25.4 Å². The number of amidine groups is 1. The first-order valence-corrected chi connectivity index (χ1v) is 9.51. The van der Waals surface area contributed by atoms with Gasteiger partial charge in [0.2, 0.25) is 0 Å². The summed E-state index contributed by atoms with van der Waals surface area (Å²) in [7, 11) is 0. The number of anilines is 1. The van der Waals surface area contributed by atoms with Crippen LogP contribution in [0.4, 0.5) is 15.9 Å². The summed E-state index contributed by atoms with van der Waals surface area (Å²) in [5.41, 5.74) is 1.88. The van der Waals surface area contributed by atoms with Crippen molar-refractivity contribution in [1.82, 2.24) is 15.1 Å². The molecule has 142 valence electrons. The molecule has 7 heteroatoms. The summed E-state index contributed by atoms with van der Waals surface area (Å²) in [5, 5.41) is 11.4. The van der Waals surface area contributed by atoms with Crippen LogP contribution in [0.15, 0.2) is 52.3 Å². The number of aliphatic imine (C=N–C) groups is 1. The molecule has 2 aliphatic rings. The van der Waals surface area contributed by atoms with Crippen molar-refractivity contribution in [2.24, 2.45) is 4.99 Å². The number of hydrogen-bond acceptors (Lipinski definition) is 5. The smallest absolute Gasteiger partial charge is 0.272 e. The third kappa shape index (κ3) is 3.07. The van der Waals surface area contributed by atoms with Crippen molar-refractivity contribution in [2.75, 3.05) is 25.0 Å². The lowest BCUT2D eigenvalue weighted by Crippen LogP contribution is -2.39. The van der Waals surface area contributed by atoms with Crippen LogP contribution >= 0.6 is 0 Å². The van der Waals surface area contributed by atoms with Crippen LogP contribution < -0.4 is 10.9 Å². The number of nitrogens with one attached hydrogen (secondary N) is 2. The van der Waals surface area contributed by atoms with Gasteiger partial charge in [-0.15, -0.1) is 0 Å². The molecule has 3 heterocycles. The molecular formula is C21H20FN5O. The van der Waals surface area contributed by atoms with Gasteiger partial charge >= 0.3 is 0 Å². The Balaban J connectivity index is 1.30. The Morgan fingerprint density at radius 1 is 1.11 bits per heavy atom. The molecule has 0 spiro atoms. The average molecular weight is 377 g/mol. The molecule has 0 unspecified atom stereocenters. The predicted molar refractivity (Wildman–Crippen MR) is 108 cm³/mol. The molecule has 1 fully saturated rings. The van der Waals surface area contributed by atoms with Gasteiger partial charge in [0.25, 0.3) is 5.56 Å². The van der Waals surface area contributed by atoms with Crippen LogP contribution in [0.3, 0.4) is 0 Å². The zero-order valence-electron chi connectivity index (χ0n) is 15.3. The third-order valence-corrected chi connectivity index (χ3v) is 5.62. The van der Waals surface area contributed by atoms with E-state index in [-0.39, 0.29) is 11.4 Å². The second kappa shape index (κ2) is 6.83. The lowest BCUT2D eigenvalue weighted by molar-refractivity contribution is 0.238. The van der Waals surface area contributed by atoms with Crippen molar-refractivity contribution in [1.29, 1.82) is 0 Å². The number of H-pyrrole nitrogens is 1. The molecule has 3 aromatic rings. The lowest BCUT2D eigenvalue weighted by atomic mass is 9.89. The maximum atomic E-state index is 13.1. The normalized spacial score (nSPS) is 17.4. The van der Waals surface area contributed by atoms with Crippen LogP contribution in [-0.4, -0.2) is 40.6 Å². The van der Waals surface area contributed by atoms with Crippen LogP contribution in [0.1, 0.15) is 24.3 Å². The number of piperidine rings is 1. The SMILES string of the molecule is O=c1[nH]nc2c3c(cccc13)NC(CN1CCC(c3ccc(F)cc3)CC1)=N2. The van der Waals surface area contributed by atoms with Crippen molar-refractivity contribution in [2.45, 2.75) is 18.8 Å². The van der Waals surface area contributed by atoms with Gasteiger partial charge in [0.05, 0.1) is 23.0 Å². The minimum atomic E-state index is -0.205. The Morgan fingerprint density at radius 3 is 2.68 bits per heavy atom. The van der Waals surface area contributed by atoms with E-state index in [0.29, 0.717) is 23.7 Å². The summed E-state index contributed by atoms with van der Waals surface area (Å²) in [5.74, 6) is 1.67. The zero-order valence-corrected chi connectivity index (χ0v) is 15.3. The predicted octanol–water partition coefficient (Wildman–Crippen LogP) is 3.40. The fraction of sp³-hybridized carbons (Fsp3) is 0.286. The van der Waals surface area contributed by atoms with Crippen LogP contribution in [0, 0.1) is 5.82 Å². The summed E-state index contributed by atoms with van der Waals surface area (Å²) in [6.45, 7) is 2.62. The molecule has 0 saturated carbocycles. The van der Waals surface area contributed by atoms with E-state index < -0.39 is 0 Å². The van der Waals surface area contributed by atoms with E-state index in [9.17, 15) is 9.18 Å². The number of aromatic amines is 1. The summed E-state index contributed by atoms with van der Waals surface area (Å²) in [4.78, 5) is 19.0. The molecule has 0 amide bonds. The molecule has 2 aromatic carbocycles. The van der Waals surface area contributed by atoms with Gasteiger partial charge in [-0.2, -0.15) is 5.10 Å². The Hall–Kier alpha value is -3.06. The molecule has 1 aromatic heterocycles. The monoisotopic (exact) mass is 377 g/mol. The first-order chi connectivity index (χ1) is 13.7. The third-order valence-electron chi connectivity index (χ3n) is 5.62. The highest BCUT2D eigenvalue weighted by Gasteiger charge is 2.23. The number of rotatable bonds is 3. The summed E-state index contributed by atoms with van der Waals surface area (Å²) < 4.78 is 13.1. The molecule has 5 rings (SSSR count). The van der Waals surface area contributed by atoms with Crippen LogP contribution in [-0.2, 0) is 0 Å². The van der Waals surface area contributed by atoms with Crippen LogP contribution in [0.5, 0.6) is 0 Å². The topological polar surface area (TPSA) is 73.4 Å². The fourth-order valence-electron chi connectivity index (χ4n) is 4.14. The van der Waals surface area contributed by atoms with E-state index in [0.717, 1.165) is 42.8 Å². The molecule has 2 N–H and O–H groups in total. The molecule has 28 heavy (non-hydrogen) atoms. The zero-order chi connectivity index (χ0) is 19.1. The van der Waals surface area contributed by atoms with E-state index in [4.69, 9.17) is 0 Å². The second-order valence-corrected chi connectivity index (χ2v) is 7.39. The number of halogens is 1. The summed E-state index contributed by atoms with van der Waals surface area (Å²) in [6, 6.07) is 12.5. The van der Waals surface area contributed by atoms with Crippen molar-refractivity contribution < 1.29 is 4.39 Å². The quantitative estimate of drug-likeness (QED) is 0.734. The van der Waals surface area contributed by atoms with Gasteiger partial charge in [0, 0.05) is 0 Å². The van der Waals surface area contributed by atoms with E-state index in [1.54, 1.807) is 6.07 Å². The number of benzene rings is 2. The Kier molecular flexibility index (Phi) is 4.16. The van der Waals surface area contributed by atoms with Gasteiger partial charge in [-0.05, 0) is 61.7 Å². The van der Waals surface area contributed by atoms with Gasteiger partial charge in [-0.25, -0.2) is 14.5 Å². The largest absolute Gasteiger partial charge is 0.342 e. The van der Waals surface area contributed by atoms with Crippen molar-refractivity contribution >= 4 is 28.1 Å². The highest BCUT2D eigenvalue weighted by Crippen LogP contribution is 2.32. The first kappa shape index (κ1) is 17.1.